The molecule has 1 aliphatic heterocycles. The van der Waals surface area contributed by atoms with Gasteiger partial charge in [-0.05, 0) is 50.3 Å². The van der Waals surface area contributed by atoms with E-state index in [1.807, 2.05) is 30.3 Å². The Labute approximate surface area is 128 Å². The van der Waals surface area contributed by atoms with Crippen molar-refractivity contribution < 1.29 is 4.79 Å². The highest BCUT2D eigenvalue weighted by molar-refractivity contribution is 5.94. The van der Waals surface area contributed by atoms with Crippen LogP contribution >= 0.6 is 0 Å². The van der Waals surface area contributed by atoms with Crippen molar-refractivity contribution in [3.8, 4) is 0 Å². The van der Waals surface area contributed by atoms with Crippen molar-refractivity contribution in [2.45, 2.75) is 45.6 Å². The van der Waals surface area contributed by atoms with Crippen LogP contribution in [0.15, 0.2) is 30.3 Å². The molecule has 0 aliphatic carbocycles. The number of carbonyl (C=O) groups excluding carboxylic acids is 1. The fourth-order valence-corrected chi connectivity index (χ4v) is 2.88. The van der Waals surface area contributed by atoms with Gasteiger partial charge in [-0.1, -0.05) is 32.0 Å². The predicted molar refractivity (Wildman–Crippen MR) is 87.4 cm³/mol. The number of carbonyl (C=O) groups is 1. The Morgan fingerprint density at radius 2 is 1.90 bits per heavy atom. The summed E-state index contributed by atoms with van der Waals surface area (Å²) in [5.41, 5.74) is 0.761. The number of hydrogen-bond acceptors (Lipinski definition) is 2. The highest BCUT2D eigenvalue weighted by atomic mass is 16.1. The van der Waals surface area contributed by atoms with Crippen LogP contribution in [-0.2, 0) is 0 Å². The molecule has 0 spiro atoms. The van der Waals surface area contributed by atoms with Gasteiger partial charge in [-0.25, -0.2) is 0 Å². The molecular weight excluding hydrogens is 260 g/mol. The van der Waals surface area contributed by atoms with Crippen LogP contribution < -0.4 is 5.32 Å². The van der Waals surface area contributed by atoms with Crippen LogP contribution in [0.2, 0.25) is 0 Å². The number of rotatable bonds is 6. The Bertz CT molecular complexity index is 422. The molecule has 0 bridgehead atoms. The SMILES string of the molecule is CC(C)CCCN1CCC(NC(=O)c2ccccc2)CC1. The minimum atomic E-state index is 0.0638. The maximum absolute atomic E-state index is 12.1. The third-order valence-electron chi connectivity index (χ3n) is 4.21. The summed E-state index contributed by atoms with van der Waals surface area (Å²) in [6.45, 7) is 7.99. The maximum Gasteiger partial charge on any atom is 0.251 e. The van der Waals surface area contributed by atoms with Gasteiger partial charge in [0.1, 0.15) is 0 Å². The number of nitrogens with one attached hydrogen (secondary N) is 1. The molecule has 1 N–H and O–H groups in total. The zero-order valence-corrected chi connectivity index (χ0v) is 13.3. The zero-order valence-electron chi connectivity index (χ0n) is 13.3. The van der Waals surface area contributed by atoms with E-state index in [0.29, 0.717) is 6.04 Å². The molecule has 1 saturated heterocycles. The first-order valence-corrected chi connectivity index (χ1v) is 8.23. The largest absolute Gasteiger partial charge is 0.349 e. The van der Waals surface area contributed by atoms with Crippen molar-refractivity contribution in [1.29, 1.82) is 0 Å². The second kappa shape index (κ2) is 8.18. The molecule has 1 amide bonds. The van der Waals surface area contributed by atoms with Crippen molar-refractivity contribution in [3.05, 3.63) is 35.9 Å². The van der Waals surface area contributed by atoms with E-state index >= 15 is 0 Å². The van der Waals surface area contributed by atoms with Crippen molar-refractivity contribution in [1.82, 2.24) is 10.2 Å². The van der Waals surface area contributed by atoms with Gasteiger partial charge in [0, 0.05) is 24.7 Å². The average molecular weight is 288 g/mol. The Morgan fingerprint density at radius 3 is 2.52 bits per heavy atom. The highest BCUT2D eigenvalue weighted by Gasteiger charge is 2.20. The first kappa shape index (κ1) is 16.0. The fraction of sp³-hybridized carbons (Fsp3) is 0.611. The molecule has 116 valence electrons. The first-order valence-electron chi connectivity index (χ1n) is 8.23. The summed E-state index contributed by atoms with van der Waals surface area (Å²) in [6, 6.07) is 9.83. The molecule has 3 nitrogen and oxygen atoms in total. The monoisotopic (exact) mass is 288 g/mol. The van der Waals surface area contributed by atoms with E-state index in [-0.39, 0.29) is 5.91 Å². The third kappa shape index (κ3) is 5.50. The molecule has 1 aliphatic rings. The quantitative estimate of drug-likeness (QED) is 0.871. The topological polar surface area (TPSA) is 32.3 Å². The summed E-state index contributed by atoms with van der Waals surface area (Å²) in [5, 5.41) is 3.16. The van der Waals surface area contributed by atoms with Crippen LogP contribution in [0, 0.1) is 5.92 Å². The van der Waals surface area contributed by atoms with Crippen LogP contribution in [-0.4, -0.2) is 36.5 Å². The molecule has 0 aromatic heterocycles. The Morgan fingerprint density at radius 1 is 1.24 bits per heavy atom. The molecule has 1 heterocycles. The van der Waals surface area contributed by atoms with Gasteiger partial charge in [0.2, 0.25) is 0 Å². The molecule has 1 aromatic carbocycles. The standard InChI is InChI=1S/C18H28N2O/c1-15(2)7-6-12-20-13-10-17(11-14-20)19-18(21)16-8-4-3-5-9-16/h3-5,8-9,15,17H,6-7,10-14H2,1-2H3,(H,19,21). The van der Waals surface area contributed by atoms with Gasteiger partial charge < -0.3 is 10.2 Å². The van der Waals surface area contributed by atoms with Crippen LogP contribution in [0.25, 0.3) is 0 Å². The summed E-state index contributed by atoms with van der Waals surface area (Å²) >= 11 is 0. The molecule has 0 atom stereocenters. The molecule has 0 saturated carbocycles. The van der Waals surface area contributed by atoms with Gasteiger partial charge in [0.05, 0.1) is 0 Å². The molecular formula is C18H28N2O. The van der Waals surface area contributed by atoms with Crippen LogP contribution in [0.3, 0.4) is 0 Å². The third-order valence-corrected chi connectivity index (χ3v) is 4.21. The average Bonchev–Trinajstić information content (AvgIpc) is 2.49. The number of benzene rings is 1. The molecule has 2 rings (SSSR count). The van der Waals surface area contributed by atoms with Gasteiger partial charge in [0.15, 0.2) is 0 Å². The maximum atomic E-state index is 12.1. The van der Waals surface area contributed by atoms with Crippen molar-refractivity contribution >= 4 is 5.91 Å². The molecule has 21 heavy (non-hydrogen) atoms. The molecule has 1 fully saturated rings. The lowest BCUT2D eigenvalue weighted by Gasteiger charge is -2.32. The Balaban J connectivity index is 1.68. The number of amides is 1. The number of hydrogen-bond donors (Lipinski definition) is 1. The summed E-state index contributed by atoms with van der Waals surface area (Å²) < 4.78 is 0. The van der Waals surface area contributed by atoms with E-state index in [9.17, 15) is 4.79 Å². The molecule has 0 radical (unpaired) electrons. The van der Waals surface area contributed by atoms with Crippen molar-refractivity contribution in [3.63, 3.8) is 0 Å². The number of piperidine rings is 1. The van der Waals surface area contributed by atoms with E-state index in [1.165, 1.54) is 19.4 Å². The van der Waals surface area contributed by atoms with Gasteiger partial charge in [-0.15, -0.1) is 0 Å². The fourth-order valence-electron chi connectivity index (χ4n) is 2.88. The van der Waals surface area contributed by atoms with Gasteiger partial charge in [0.25, 0.3) is 5.91 Å². The lowest BCUT2D eigenvalue weighted by molar-refractivity contribution is 0.0910. The summed E-state index contributed by atoms with van der Waals surface area (Å²) in [4.78, 5) is 14.7. The second-order valence-corrected chi connectivity index (χ2v) is 6.49. The summed E-state index contributed by atoms with van der Waals surface area (Å²) in [7, 11) is 0. The first-order chi connectivity index (χ1) is 10.1. The van der Waals surface area contributed by atoms with E-state index in [1.54, 1.807) is 0 Å². The Hall–Kier alpha value is -1.35. The van der Waals surface area contributed by atoms with Crippen LogP contribution in [0.1, 0.15) is 49.9 Å². The second-order valence-electron chi connectivity index (χ2n) is 6.49. The summed E-state index contributed by atoms with van der Waals surface area (Å²) in [5.74, 6) is 0.863. The lowest BCUT2D eigenvalue weighted by Crippen LogP contribution is -2.44. The van der Waals surface area contributed by atoms with E-state index < -0.39 is 0 Å². The van der Waals surface area contributed by atoms with E-state index in [0.717, 1.165) is 37.4 Å². The number of nitrogens with zero attached hydrogens (tertiary/aromatic N) is 1. The smallest absolute Gasteiger partial charge is 0.251 e. The zero-order chi connectivity index (χ0) is 15.1. The predicted octanol–water partition coefficient (Wildman–Crippen LogP) is 3.32. The molecule has 0 unspecified atom stereocenters. The number of likely N-dealkylation sites (tertiary alicyclic amines) is 1. The Kier molecular flexibility index (Phi) is 6.24. The van der Waals surface area contributed by atoms with Crippen molar-refractivity contribution in [2.24, 2.45) is 5.92 Å². The van der Waals surface area contributed by atoms with E-state index in [2.05, 4.69) is 24.1 Å². The molecule has 3 heteroatoms. The minimum Gasteiger partial charge on any atom is -0.349 e. The normalized spacial score (nSPS) is 17.1. The van der Waals surface area contributed by atoms with Crippen LogP contribution in [0.4, 0.5) is 0 Å². The van der Waals surface area contributed by atoms with Gasteiger partial charge in [-0.2, -0.15) is 0 Å². The minimum absolute atomic E-state index is 0.0638. The highest BCUT2D eigenvalue weighted by Crippen LogP contribution is 2.13. The summed E-state index contributed by atoms with van der Waals surface area (Å²) in [6.07, 6.45) is 4.74. The van der Waals surface area contributed by atoms with Gasteiger partial charge in [-0.3, -0.25) is 4.79 Å². The lowest BCUT2D eigenvalue weighted by atomic mass is 10.0. The van der Waals surface area contributed by atoms with Crippen molar-refractivity contribution in [2.75, 3.05) is 19.6 Å². The van der Waals surface area contributed by atoms with Crippen LogP contribution in [0.5, 0.6) is 0 Å². The molecule has 1 aromatic rings. The van der Waals surface area contributed by atoms with Gasteiger partial charge >= 0.3 is 0 Å². The van der Waals surface area contributed by atoms with E-state index in [4.69, 9.17) is 0 Å².